The maximum absolute atomic E-state index is 12.3. The summed E-state index contributed by atoms with van der Waals surface area (Å²) in [6.45, 7) is 3.90. The molecule has 1 aliphatic carbocycles. The number of nitrogens with zero attached hydrogens (tertiary/aromatic N) is 4. The van der Waals surface area contributed by atoms with E-state index in [4.69, 9.17) is 0 Å². The first-order valence-corrected chi connectivity index (χ1v) is 9.25. The van der Waals surface area contributed by atoms with E-state index in [-0.39, 0.29) is 17.5 Å². The lowest BCUT2D eigenvalue weighted by atomic mass is 9.97. The highest BCUT2D eigenvalue weighted by molar-refractivity contribution is 5.79. The van der Waals surface area contributed by atoms with E-state index >= 15 is 0 Å². The van der Waals surface area contributed by atoms with E-state index in [2.05, 4.69) is 15.3 Å². The summed E-state index contributed by atoms with van der Waals surface area (Å²) in [7, 11) is 0. The molecule has 1 saturated carbocycles. The Labute approximate surface area is 146 Å². The topological polar surface area (TPSA) is 71.6 Å². The molecule has 1 amide bonds. The monoisotopic (exact) mass is 343 g/mol. The third kappa shape index (κ3) is 3.76. The number of carbonyl (C=O) groups is 1. The summed E-state index contributed by atoms with van der Waals surface area (Å²) in [5, 5.41) is 7.47. The molecule has 0 bridgehead atoms. The maximum Gasteiger partial charge on any atom is 0.350 e. The largest absolute Gasteiger partial charge is 0.356 e. The number of carbonyl (C=O) groups excluding carboxylic acids is 1. The quantitative estimate of drug-likeness (QED) is 0.840. The molecule has 2 aliphatic rings. The van der Waals surface area contributed by atoms with Crippen molar-refractivity contribution in [2.75, 3.05) is 26.2 Å². The summed E-state index contributed by atoms with van der Waals surface area (Å²) in [6.07, 6.45) is 6.24. The maximum atomic E-state index is 12.3. The van der Waals surface area contributed by atoms with Gasteiger partial charge in [0.15, 0.2) is 5.65 Å². The highest BCUT2D eigenvalue weighted by Gasteiger charge is 2.28. The van der Waals surface area contributed by atoms with Crippen molar-refractivity contribution in [2.45, 2.75) is 32.2 Å². The van der Waals surface area contributed by atoms with Gasteiger partial charge in [0.25, 0.3) is 0 Å². The van der Waals surface area contributed by atoms with Gasteiger partial charge in [-0.15, -0.1) is 5.10 Å². The second-order valence-corrected chi connectivity index (χ2v) is 7.26. The van der Waals surface area contributed by atoms with Gasteiger partial charge in [-0.2, -0.15) is 0 Å². The number of piperidine rings is 1. The normalized spacial score (nSPS) is 21.5. The number of rotatable bonds is 6. The molecule has 25 heavy (non-hydrogen) atoms. The van der Waals surface area contributed by atoms with Crippen molar-refractivity contribution in [1.82, 2.24) is 24.4 Å². The fraction of sp³-hybridized carbons (Fsp3) is 0.611. The van der Waals surface area contributed by atoms with Crippen LogP contribution in [0.1, 0.15) is 25.7 Å². The molecule has 1 atom stereocenters. The standard InChI is InChI=1S/C18H25N5O2/c24-17(19-12-14-6-7-14)15-4-3-8-21(13-15)10-11-23-18(25)22-9-2-1-5-16(22)20-23/h1-2,5,9,14-15H,3-4,6-8,10-13H2,(H,19,24)/t15-/m0/s1. The number of aromatic nitrogens is 3. The van der Waals surface area contributed by atoms with Gasteiger partial charge in [0.1, 0.15) is 0 Å². The average Bonchev–Trinajstić information content (AvgIpc) is 3.42. The van der Waals surface area contributed by atoms with Crippen LogP contribution in [-0.2, 0) is 11.3 Å². The molecule has 7 nitrogen and oxygen atoms in total. The van der Waals surface area contributed by atoms with Gasteiger partial charge in [-0.05, 0) is 50.3 Å². The second kappa shape index (κ2) is 7.00. The lowest BCUT2D eigenvalue weighted by molar-refractivity contribution is -0.126. The Morgan fingerprint density at radius 2 is 2.12 bits per heavy atom. The van der Waals surface area contributed by atoms with Gasteiger partial charge >= 0.3 is 5.69 Å². The van der Waals surface area contributed by atoms with Crippen LogP contribution in [0.4, 0.5) is 0 Å². The lowest BCUT2D eigenvalue weighted by Gasteiger charge is -2.31. The summed E-state index contributed by atoms with van der Waals surface area (Å²) < 4.78 is 3.08. The predicted octanol–water partition coefficient (Wildman–Crippen LogP) is 0.734. The number of likely N-dealkylation sites (tertiary alicyclic amines) is 1. The fourth-order valence-corrected chi connectivity index (χ4v) is 3.53. The molecule has 7 heteroatoms. The van der Waals surface area contributed by atoms with E-state index in [1.54, 1.807) is 10.6 Å². The first kappa shape index (κ1) is 16.3. The Bertz CT molecular complexity index is 807. The summed E-state index contributed by atoms with van der Waals surface area (Å²) in [4.78, 5) is 26.9. The number of pyridine rings is 1. The number of amides is 1. The molecule has 0 spiro atoms. The lowest BCUT2D eigenvalue weighted by Crippen LogP contribution is -2.44. The molecule has 1 N–H and O–H groups in total. The molecular weight excluding hydrogens is 318 g/mol. The predicted molar refractivity (Wildman–Crippen MR) is 94.3 cm³/mol. The molecule has 2 aromatic rings. The van der Waals surface area contributed by atoms with Gasteiger partial charge in [-0.25, -0.2) is 9.48 Å². The summed E-state index contributed by atoms with van der Waals surface area (Å²) in [5.41, 5.74) is 0.565. The molecule has 3 heterocycles. The molecule has 4 rings (SSSR count). The molecule has 1 aliphatic heterocycles. The Morgan fingerprint density at radius 3 is 2.92 bits per heavy atom. The Hall–Kier alpha value is -2.15. The Morgan fingerprint density at radius 1 is 1.24 bits per heavy atom. The van der Waals surface area contributed by atoms with Crippen molar-refractivity contribution >= 4 is 11.6 Å². The Balaban J connectivity index is 1.33. The number of fused-ring (bicyclic) bond motifs is 1. The van der Waals surface area contributed by atoms with E-state index in [1.807, 2.05) is 18.2 Å². The summed E-state index contributed by atoms with van der Waals surface area (Å²) in [5.74, 6) is 0.984. The van der Waals surface area contributed by atoms with Crippen molar-refractivity contribution < 1.29 is 4.79 Å². The van der Waals surface area contributed by atoms with Crippen LogP contribution in [0.2, 0.25) is 0 Å². The summed E-state index contributed by atoms with van der Waals surface area (Å²) >= 11 is 0. The number of hydrogen-bond donors (Lipinski definition) is 1. The van der Waals surface area contributed by atoms with Crippen molar-refractivity contribution in [3.8, 4) is 0 Å². The summed E-state index contributed by atoms with van der Waals surface area (Å²) in [6, 6.07) is 5.54. The number of nitrogens with one attached hydrogen (secondary N) is 1. The van der Waals surface area contributed by atoms with Crippen LogP contribution >= 0.6 is 0 Å². The van der Waals surface area contributed by atoms with Crippen LogP contribution in [-0.4, -0.2) is 51.2 Å². The highest BCUT2D eigenvalue weighted by atomic mass is 16.2. The van der Waals surface area contributed by atoms with E-state index in [9.17, 15) is 9.59 Å². The minimum absolute atomic E-state index is 0.0743. The van der Waals surface area contributed by atoms with Crippen molar-refractivity contribution in [1.29, 1.82) is 0 Å². The van der Waals surface area contributed by atoms with Crippen LogP contribution in [0.5, 0.6) is 0 Å². The molecule has 0 radical (unpaired) electrons. The SMILES string of the molecule is O=C(NCC1CC1)[C@H]1CCCN(CCn2nc3ccccn3c2=O)C1. The molecule has 0 unspecified atom stereocenters. The van der Waals surface area contributed by atoms with Crippen molar-refractivity contribution in [3.05, 3.63) is 34.9 Å². The molecule has 134 valence electrons. The van der Waals surface area contributed by atoms with E-state index < -0.39 is 0 Å². The first-order valence-electron chi connectivity index (χ1n) is 9.25. The smallest absolute Gasteiger partial charge is 0.350 e. The van der Waals surface area contributed by atoms with Crippen LogP contribution in [0.3, 0.4) is 0 Å². The minimum atomic E-state index is -0.105. The van der Waals surface area contributed by atoms with E-state index in [1.165, 1.54) is 17.5 Å². The van der Waals surface area contributed by atoms with Crippen LogP contribution in [0, 0.1) is 11.8 Å². The zero-order chi connectivity index (χ0) is 17.2. The van der Waals surface area contributed by atoms with E-state index in [0.29, 0.717) is 18.1 Å². The molecule has 1 saturated heterocycles. The van der Waals surface area contributed by atoms with Gasteiger partial charge in [0.2, 0.25) is 5.91 Å². The van der Waals surface area contributed by atoms with Crippen molar-refractivity contribution in [2.24, 2.45) is 11.8 Å². The second-order valence-electron chi connectivity index (χ2n) is 7.26. The molecular formula is C18H25N5O2. The van der Waals surface area contributed by atoms with Crippen LogP contribution in [0.15, 0.2) is 29.2 Å². The average molecular weight is 343 g/mol. The van der Waals surface area contributed by atoms with Gasteiger partial charge in [-0.3, -0.25) is 9.20 Å². The zero-order valence-electron chi connectivity index (χ0n) is 14.4. The number of hydrogen-bond acceptors (Lipinski definition) is 4. The van der Waals surface area contributed by atoms with Crippen molar-refractivity contribution in [3.63, 3.8) is 0 Å². The van der Waals surface area contributed by atoms with Gasteiger partial charge < -0.3 is 10.2 Å². The third-order valence-corrected chi connectivity index (χ3v) is 5.25. The van der Waals surface area contributed by atoms with Crippen LogP contribution in [0.25, 0.3) is 5.65 Å². The molecule has 0 aromatic carbocycles. The highest BCUT2D eigenvalue weighted by Crippen LogP contribution is 2.27. The van der Waals surface area contributed by atoms with Gasteiger partial charge in [-0.1, -0.05) is 6.07 Å². The fourth-order valence-electron chi connectivity index (χ4n) is 3.53. The molecule has 2 aromatic heterocycles. The molecule has 2 fully saturated rings. The Kier molecular flexibility index (Phi) is 4.57. The minimum Gasteiger partial charge on any atom is -0.356 e. The zero-order valence-corrected chi connectivity index (χ0v) is 14.4. The van der Waals surface area contributed by atoms with Gasteiger partial charge in [0.05, 0.1) is 12.5 Å². The van der Waals surface area contributed by atoms with E-state index in [0.717, 1.165) is 39.0 Å². The van der Waals surface area contributed by atoms with Crippen LogP contribution < -0.4 is 11.0 Å². The first-order chi connectivity index (χ1) is 12.2. The van der Waals surface area contributed by atoms with Gasteiger partial charge in [0, 0.05) is 25.8 Å². The third-order valence-electron chi connectivity index (χ3n) is 5.25.